The number of ether oxygens (including phenoxy) is 1. The van der Waals surface area contributed by atoms with Crippen molar-refractivity contribution in [2.75, 3.05) is 13.7 Å². The summed E-state index contributed by atoms with van der Waals surface area (Å²) in [5.74, 6) is 0.803. The standard InChI is InChI=1S/C15H17BrN2O/c1-3-19-14-8-12(9-18-10-14)15(17-2)11-4-6-13(16)7-5-11/h4-10,15,17H,3H2,1-2H3. The first-order chi connectivity index (χ1) is 9.24. The van der Waals surface area contributed by atoms with Gasteiger partial charge >= 0.3 is 0 Å². The van der Waals surface area contributed by atoms with Gasteiger partial charge in [0.25, 0.3) is 0 Å². The molecule has 0 saturated carbocycles. The molecule has 0 saturated heterocycles. The molecule has 1 heterocycles. The Morgan fingerprint density at radius 3 is 2.58 bits per heavy atom. The van der Waals surface area contributed by atoms with E-state index in [9.17, 15) is 0 Å². The van der Waals surface area contributed by atoms with Crippen molar-refractivity contribution in [3.8, 4) is 5.75 Å². The average Bonchev–Trinajstić information content (AvgIpc) is 2.43. The van der Waals surface area contributed by atoms with Gasteiger partial charge in [-0.15, -0.1) is 0 Å². The van der Waals surface area contributed by atoms with Crippen LogP contribution in [0.2, 0.25) is 0 Å². The normalized spacial score (nSPS) is 12.2. The van der Waals surface area contributed by atoms with Gasteiger partial charge in [0.05, 0.1) is 18.8 Å². The van der Waals surface area contributed by atoms with Crippen LogP contribution >= 0.6 is 15.9 Å². The SMILES string of the molecule is CCOc1cncc(C(NC)c2ccc(Br)cc2)c1. The van der Waals surface area contributed by atoms with Crippen molar-refractivity contribution in [2.24, 2.45) is 0 Å². The molecule has 19 heavy (non-hydrogen) atoms. The largest absolute Gasteiger partial charge is 0.492 e. The Kier molecular flexibility index (Phi) is 4.93. The minimum absolute atomic E-state index is 0.112. The highest BCUT2D eigenvalue weighted by Gasteiger charge is 2.13. The van der Waals surface area contributed by atoms with Crippen molar-refractivity contribution in [1.82, 2.24) is 10.3 Å². The third-order valence-electron chi connectivity index (χ3n) is 2.87. The Morgan fingerprint density at radius 2 is 1.95 bits per heavy atom. The first-order valence-corrected chi connectivity index (χ1v) is 7.04. The van der Waals surface area contributed by atoms with Gasteiger partial charge in [-0.1, -0.05) is 28.1 Å². The van der Waals surface area contributed by atoms with Crippen molar-refractivity contribution in [2.45, 2.75) is 13.0 Å². The third-order valence-corrected chi connectivity index (χ3v) is 3.40. The monoisotopic (exact) mass is 320 g/mol. The van der Waals surface area contributed by atoms with Crippen LogP contribution in [0.15, 0.2) is 47.2 Å². The first kappa shape index (κ1) is 14.0. The molecule has 0 aliphatic heterocycles. The Labute approximate surface area is 122 Å². The summed E-state index contributed by atoms with van der Waals surface area (Å²) in [7, 11) is 1.94. The number of nitrogens with one attached hydrogen (secondary N) is 1. The molecule has 0 aliphatic carbocycles. The fourth-order valence-electron chi connectivity index (χ4n) is 2.02. The van der Waals surface area contributed by atoms with Crippen LogP contribution in [0.4, 0.5) is 0 Å². The van der Waals surface area contributed by atoms with Crippen LogP contribution in [0.3, 0.4) is 0 Å². The molecule has 1 atom stereocenters. The fourth-order valence-corrected chi connectivity index (χ4v) is 2.28. The number of nitrogens with zero attached hydrogens (tertiary/aromatic N) is 1. The minimum Gasteiger partial charge on any atom is -0.492 e. The van der Waals surface area contributed by atoms with Gasteiger partial charge in [-0.05, 0) is 43.3 Å². The highest BCUT2D eigenvalue weighted by atomic mass is 79.9. The smallest absolute Gasteiger partial charge is 0.137 e. The van der Waals surface area contributed by atoms with E-state index in [0.29, 0.717) is 6.61 Å². The number of pyridine rings is 1. The maximum Gasteiger partial charge on any atom is 0.137 e. The Morgan fingerprint density at radius 1 is 1.21 bits per heavy atom. The van der Waals surface area contributed by atoms with E-state index in [1.165, 1.54) is 5.56 Å². The first-order valence-electron chi connectivity index (χ1n) is 6.25. The highest BCUT2D eigenvalue weighted by Crippen LogP contribution is 2.25. The molecule has 0 radical (unpaired) electrons. The Hall–Kier alpha value is -1.39. The molecule has 0 fully saturated rings. The number of rotatable bonds is 5. The predicted octanol–water partition coefficient (Wildman–Crippen LogP) is 3.55. The van der Waals surface area contributed by atoms with Crippen LogP contribution in [0.1, 0.15) is 24.1 Å². The Balaban J connectivity index is 2.30. The molecule has 4 heteroatoms. The zero-order chi connectivity index (χ0) is 13.7. The van der Waals surface area contributed by atoms with Crippen molar-refractivity contribution in [1.29, 1.82) is 0 Å². The molecule has 0 aliphatic rings. The second-order valence-corrected chi connectivity index (χ2v) is 5.08. The second kappa shape index (κ2) is 6.68. The molecular weight excluding hydrogens is 304 g/mol. The molecule has 2 rings (SSSR count). The maximum atomic E-state index is 5.50. The highest BCUT2D eigenvalue weighted by molar-refractivity contribution is 9.10. The predicted molar refractivity (Wildman–Crippen MR) is 80.5 cm³/mol. The lowest BCUT2D eigenvalue weighted by molar-refractivity contribution is 0.338. The van der Waals surface area contributed by atoms with Crippen molar-refractivity contribution < 1.29 is 4.74 Å². The number of halogens is 1. The molecule has 0 bridgehead atoms. The minimum atomic E-state index is 0.112. The van der Waals surface area contributed by atoms with Gasteiger partial charge < -0.3 is 10.1 Å². The summed E-state index contributed by atoms with van der Waals surface area (Å²) in [5, 5.41) is 3.31. The van der Waals surface area contributed by atoms with Crippen LogP contribution in [0, 0.1) is 0 Å². The summed E-state index contributed by atoms with van der Waals surface area (Å²) < 4.78 is 6.57. The summed E-state index contributed by atoms with van der Waals surface area (Å²) in [6.45, 7) is 2.62. The summed E-state index contributed by atoms with van der Waals surface area (Å²) in [6, 6.07) is 10.4. The zero-order valence-corrected chi connectivity index (χ0v) is 12.6. The van der Waals surface area contributed by atoms with Gasteiger partial charge in [0.15, 0.2) is 0 Å². The van der Waals surface area contributed by atoms with Gasteiger partial charge in [0.2, 0.25) is 0 Å². The Bertz CT molecular complexity index is 528. The van der Waals surface area contributed by atoms with Crippen LogP contribution in [0.25, 0.3) is 0 Å². The molecule has 0 spiro atoms. The molecule has 1 aromatic heterocycles. The van der Waals surface area contributed by atoms with Crippen LogP contribution < -0.4 is 10.1 Å². The van der Waals surface area contributed by atoms with Crippen LogP contribution in [-0.4, -0.2) is 18.6 Å². The average molecular weight is 321 g/mol. The van der Waals surface area contributed by atoms with E-state index in [1.54, 1.807) is 6.20 Å². The molecule has 3 nitrogen and oxygen atoms in total. The summed E-state index contributed by atoms with van der Waals surface area (Å²) in [6.07, 6.45) is 3.60. The molecule has 1 unspecified atom stereocenters. The van der Waals surface area contributed by atoms with E-state index < -0.39 is 0 Å². The van der Waals surface area contributed by atoms with Gasteiger partial charge in [-0.3, -0.25) is 4.98 Å². The van der Waals surface area contributed by atoms with E-state index >= 15 is 0 Å². The molecule has 0 amide bonds. The lowest BCUT2D eigenvalue weighted by Gasteiger charge is -2.17. The van der Waals surface area contributed by atoms with E-state index in [0.717, 1.165) is 15.8 Å². The molecule has 2 aromatic rings. The van der Waals surface area contributed by atoms with Crippen molar-refractivity contribution in [3.05, 3.63) is 58.3 Å². The molecule has 100 valence electrons. The van der Waals surface area contributed by atoms with E-state index in [4.69, 9.17) is 4.74 Å². The van der Waals surface area contributed by atoms with E-state index in [1.807, 2.05) is 38.4 Å². The fraction of sp³-hybridized carbons (Fsp3) is 0.267. The maximum absolute atomic E-state index is 5.50. The van der Waals surface area contributed by atoms with E-state index in [2.05, 4.69) is 38.4 Å². The molecular formula is C15H17BrN2O. The quantitative estimate of drug-likeness (QED) is 0.914. The third kappa shape index (κ3) is 3.55. The van der Waals surface area contributed by atoms with Crippen LogP contribution in [0.5, 0.6) is 5.75 Å². The molecule has 1 N–H and O–H groups in total. The number of hydrogen-bond donors (Lipinski definition) is 1. The lowest BCUT2D eigenvalue weighted by Crippen LogP contribution is -2.17. The van der Waals surface area contributed by atoms with E-state index in [-0.39, 0.29) is 6.04 Å². The summed E-state index contributed by atoms with van der Waals surface area (Å²) in [5.41, 5.74) is 2.29. The summed E-state index contributed by atoms with van der Waals surface area (Å²) >= 11 is 3.45. The lowest BCUT2D eigenvalue weighted by atomic mass is 10.0. The van der Waals surface area contributed by atoms with Crippen molar-refractivity contribution in [3.63, 3.8) is 0 Å². The van der Waals surface area contributed by atoms with Crippen molar-refractivity contribution >= 4 is 15.9 Å². The molecule has 1 aromatic carbocycles. The topological polar surface area (TPSA) is 34.1 Å². The zero-order valence-electron chi connectivity index (χ0n) is 11.1. The number of benzene rings is 1. The second-order valence-electron chi connectivity index (χ2n) is 4.16. The number of hydrogen-bond acceptors (Lipinski definition) is 3. The van der Waals surface area contributed by atoms with Gasteiger partial charge in [-0.2, -0.15) is 0 Å². The van der Waals surface area contributed by atoms with Gasteiger partial charge in [0, 0.05) is 10.7 Å². The number of aromatic nitrogens is 1. The summed E-state index contributed by atoms with van der Waals surface area (Å²) in [4.78, 5) is 4.24. The van der Waals surface area contributed by atoms with Gasteiger partial charge in [-0.25, -0.2) is 0 Å². The van der Waals surface area contributed by atoms with Crippen LogP contribution in [-0.2, 0) is 0 Å². The van der Waals surface area contributed by atoms with Gasteiger partial charge in [0.1, 0.15) is 5.75 Å².